The molecule has 0 heterocycles. The summed E-state index contributed by atoms with van der Waals surface area (Å²) in [5.41, 5.74) is 1.37. The third kappa shape index (κ3) is 2.74. The first-order valence-corrected chi connectivity index (χ1v) is 6.55. The zero-order chi connectivity index (χ0) is 10.8. The van der Waals surface area contributed by atoms with Gasteiger partial charge in [0.05, 0.1) is 0 Å². The summed E-state index contributed by atoms with van der Waals surface area (Å²) in [7, 11) is 0. The van der Waals surface area contributed by atoms with Crippen molar-refractivity contribution in [2.75, 3.05) is 13.1 Å². The second kappa shape index (κ2) is 4.86. The molecule has 0 spiro atoms. The molecule has 2 unspecified atom stereocenters. The average Bonchev–Trinajstić information content (AvgIpc) is 2.98. The number of hydrogen-bond acceptors (Lipinski definition) is 1. The fraction of sp³-hybridized carbons (Fsp3) is 0.500. The van der Waals surface area contributed by atoms with Crippen LogP contribution in [0.4, 0.5) is 0 Å². The minimum absolute atomic E-state index is 0.692. The lowest BCUT2D eigenvalue weighted by Crippen LogP contribution is -2.16. The summed E-state index contributed by atoms with van der Waals surface area (Å²) < 4.78 is 1.19. The van der Waals surface area contributed by atoms with Crippen LogP contribution >= 0.6 is 27.5 Å². The molecule has 0 aromatic heterocycles. The Bertz CT molecular complexity index is 353. The van der Waals surface area contributed by atoms with Gasteiger partial charge in [-0.05, 0) is 55.1 Å². The van der Waals surface area contributed by atoms with Crippen molar-refractivity contribution in [2.45, 2.75) is 19.3 Å². The van der Waals surface area contributed by atoms with E-state index in [0.717, 1.165) is 24.0 Å². The van der Waals surface area contributed by atoms with Crippen LogP contribution < -0.4 is 5.32 Å². The van der Waals surface area contributed by atoms with E-state index in [1.807, 2.05) is 12.1 Å². The molecule has 1 aliphatic carbocycles. The van der Waals surface area contributed by atoms with Gasteiger partial charge in [-0.25, -0.2) is 0 Å². The third-order valence-electron chi connectivity index (χ3n) is 2.94. The molecule has 0 radical (unpaired) electrons. The molecule has 1 aromatic rings. The topological polar surface area (TPSA) is 12.0 Å². The van der Waals surface area contributed by atoms with Crippen LogP contribution in [0.1, 0.15) is 24.8 Å². The maximum absolute atomic E-state index is 6.00. The van der Waals surface area contributed by atoms with Crippen molar-refractivity contribution in [1.82, 2.24) is 5.32 Å². The van der Waals surface area contributed by atoms with Gasteiger partial charge < -0.3 is 5.32 Å². The maximum atomic E-state index is 6.00. The largest absolute Gasteiger partial charge is 0.317 e. The first-order valence-electron chi connectivity index (χ1n) is 5.38. The van der Waals surface area contributed by atoms with E-state index in [9.17, 15) is 0 Å². The van der Waals surface area contributed by atoms with E-state index < -0.39 is 0 Å². The summed E-state index contributed by atoms with van der Waals surface area (Å²) in [4.78, 5) is 0. The van der Waals surface area contributed by atoms with Crippen molar-refractivity contribution in [3.8, 4) is 0 Å². The predicted molar refractivity (Wildman–Crippen MR) is 68.5 cm³/mol. The first kappa shape index (κ1) is 11.4. The number of benzene rings is 1. The Morgan fingerprint density at radius 1 is 1.53 bits per heavy atom. The maximum Gasteiger partial charge on any atom is 0.0409 e. The molecular formula is C12H15BrClN. The van der Waals surface area contributed by atoms with E-state index in [0.29, 0.717) is 5.92 Å². The van der Waals surface area contributed by atoms with Crippen LogP contribution in [0.15, 0.2) is 22.7 Å². The van der Waals surface area contributed by atoms with Gasteiger partial charge in [-0.15, -0.1) is 0 Å². The highest BCUT2D eigenvalue weighted by atomic mass is 79.9. The molecule has 1 aromatic carbocycles. The van der Waals surface area contributed by atoms with Crippen LogP contribution in [0.3, 0.4) is 0 Å². The highest BCUT2D eigenvalue weighted by molar-refractivity contribution is 9.10. The van der Waals surface area contributed by atoms with Crippen LogP contribution in [-0.2, 0) is 0 Å². The van der Waals surface area contributed by atoms with Gasteiger partial charge in [0.15, 0.2) is 0 Å². The van der Waals surface area contributed by atoms with Gasteiger partial charge in [0, 0.05) is 9.50 Å². The highest BCUT2D eigenvalue weighted by Gasteiger charge is 2.38. The summed E-state index contributed by atoms with van der Waals surface area (Å²) in [6.45, 7) is 4.33. The second-order valence-corrected chi connectivity index (χ2v) is 5.37. The molecule has 2 rings (SSSR count). The number of rotatable bonds is 4. The molecular weight excluding hydrogens is 273 g/mol. The van der Waals surface area contributed by atoms with Crippen LogP contribution in [0.5, 0.6) is 0 Å². The Hall–Kier alpha value is -0.0500. The summed E-state index contributed by atoms with van der Waals surface area (Å²) in [6.07, 6.45) is 1.28. The number of halogens is 2. The van der Waals surface area contributed by atoms with Crippen LogP contribution in [0, 0.1) is 5.92 Å². The lowest BCUT2D eigenvalue weighted by molar-refractivity contribution is 0.649. The molecule has 2 atom stereocenters. The summed E-state index contributed by atoms with van der Waals surface area (Å²) >= 11 is 9.59. The normalized spacial score (nSPS) is 24.2. The Morgan fingerprint density at radius 2 is 2.33 bits per heavy atom. The third-order valence-corrected chi connectivity index (χ3v) is 3.89. The van der Waals surface area contributed by atoms with Gasteiger partial charge >= 0.3 is 0 Å². The van der Waals surface area contributed by atoms with Crippen molar-refractivity contribution in [3.05, 3.63) is 33.3 Å². The number of nitrogens with one attached hydrogen (secondary N) is 1. The van der Waals surface area contributed by atoms with E-state index in [4.69, 9.17) is 11.6 Å². The molecule has 15 heavy (non-hydrogen) atoms. The van der Waals surface area contributed by atoms with Gasteiger partial charge in [0.2, 0.25) is 0 Å². The van der Waals surface area contributed by atoms with Crippen molar-refractivity contribution in [3.63, 3.8) is 0 Å². The lowest BCUT2D eigenvalue weighted by Gasteiger charge is -2.05. The Kier molecular flexibility index (Phi) is 3.70. The summed E-state index contributed by atoms with van der Waals surface area (Å²) in [5, 5.41) is 4.23. The fourth-order valence-electron chi connectivity index (χ4n) is 1.98. The standard InChI is InChI=1S/C12H15BrClN/c1-2-15-7-8-5-10(8)11-6-9(14)3-4-12(11)13/h3-4,6,8,10,15H,2,5,7H2,1H3. The zero-order valence-electron chi connectivity index (χ0n) is 8.76. The summed E-state index contributed by atoms with van der Waals surface area (Å²) in [6, 6.07) is 6.05. The Labute approximate surface area is 104 Å². The molecule has 1 saturated carbocycles. The molecule has 1 nitrogen and oxygen atoms in total. The molecule has 1 N–H and O–H groups in total. The van der Waals surface area contributed by atoms with Gasteiger partial charge in [-0.1, -0.05) is 34.5 Å². The molecule has 0 aliphatic heterocycles. The molecule has 0 saturated heterocycles. The second-order valence-electron chi connectivity index (χ2n) is 4.08. The quantitative estimate of drug-likeness (QED) is 0.888. The SMILES string of the molecule is CCNCC1CC1c1cc(Cl)ccc1Br. The zero-order valence-corrected chi connectivity index (χ0v) is 11.1. The van der Waals surface area contributed by atoms with Crippen LogP contribution in [0.2, 0.25) is 5.02 Å². The average molecular weight is 289 g/mol. The molecule has 1 aliphatic rings. The van der Waals surface area contributed by atoms with Gasteiger partial charge in [-0.2, -0.15) is 0 Å². The molecule has 3 heteroatoms. The highest BCUT2D eigenvalue weighted by Crippen LogP contribution is 2.49. The van der Waals surface area contributed by atoms with E-state index in [1.165, 1.54) is 16.5 Å². The minimum atomic E-state index is 0.692. The van der Waals surface area contributed by atoms with Gasteiger partial charge in [0.25, 0.3) is 0 Å². The Balaban J connectivity index is 2.03. The predicted octanol–water partition coefficient (Wildman–Crippen LogP) is 3.82. The van der Waals surface area contributed by atoms with Crippen molar-refractivity contribution in [2.24, 2.45) is 5.92 Å². The smallest absolute Gasteiger partial charge is 0.0409 e. The van der Waals surface area contributed by atoms with Gasteiger partial charge in [0.1, 0.15) is 0 Å². The van der Waals surface area contributed by atoms with Crippen LogP contribution in [-0.4, -0.2) is 13.1 Å². The monoisotopic (exact) mass is 287 g/mol. The Morgan fingerprint density at radius 3 is 3.07 bits per heavy atom. The van der Waals surface area contributed by atoms with Crippen LogP contribution in [0.25, 0.3) is 0 Å². The molecule has 0 amide bonds. The molecule has 82 valence electrons. The molecule has 0 bridgehead atoms. The summed E-state index contributed by atoms with van der Waals surface area (Å²) in [5.74, 6) is 1.48. The van der Waals surface area contributed by atoms with E-state index in [1.54, 1.807) is 0 Å². The molecule has 1 fully saturated rings. The minimum Gasteiger partial charge on any atom is -0.317 e. The fourth-order valence-corrected chi connectivity index (χ4v) is 2.70. The van der Waals surface area contributed by atoms with Crippen molar-refractivity contribution in [1.29, 1.82) is 0 Å². The lowest BCUT2D eigenvalue weighted by atomic mass is 10.1. The van der Waals surface area contributed by atoms with E-state index in [-0.39, 0.29) is 0 Å². The van der Waals surface area contributed by atoms with E-state index >= 15 is 0 Å². The van der Waals surface area contributed by atoms with E-state index in [2.05, 4.69) is 34.2 Å². The number of hydrogen-bond donors (Lipinski definition) is 1. The van der Waals surface area contributed by atoms with Crippen molar-refractivity contribution < 1.29 is 0 Å². The van der Waals surface area contributed by atoms with Crippen molar-refractivity contribution >= 4 is 27.5 Å². The van der Waals surface area contributed by atoms with Gasteiger partial charge in [-0.3, -0.25) is 0 Å². The first-order chi connectivity index (χ1) is 7.22.